The van der Waals surface area contributed by atoms with Crippen molar-refractivity contribution in [2.45, 2.75) is 27.0 Å². The van der Waals surface area contributed by atoms with E-state index in [9.17, 15) is 0 Å². The minimum atomic E-state index is 0.547. The Hall–Kier alpha value is -3.15. The lowest BCUT2D eigenvalue weighted by Crippen LogP contribution is -2.04. The number of fused-ring (bicyclic) bond motifs is 1. The fourth-order valence-electron chi connectivity index (χ4n) is 3.76. The Labute approximate surface area is 212 Å². The van der Waals surface area contributed by atoms with Crippen LogP contribution in [0.3, 0.4) is 0 Å². The van der Waals surface area contributed by atoms with E-state index in [2.05, 4.69) is 108 Å². The van der Waals surface area contributed by atoms with Gasteiger partial charge in [0.2, 0.25) is 0 Å². The van der Waals surface area contributed by atoms with Crippen LogP contribution >= 0.6 is 27.3 Å². The van der Waals surface area contributed by atoms with E-state index in [0.29, 0.717) is 13.2 Å². The summed E-state index contributed by atoms with van der Waals surface area (Å²) in [5, 5.41) is 4.58. The highest BCUT2D eigenvalue weighted by Crippen LogP contribution is 2.31. The third kappa shape index (κ3) is 5.32. The van der Waals surface area contributed by atoms with Crippen molar-refractivity contribution in [1.29, 1.82) is 0 Å². The minimum absolute atomic E-state index is 0.547. The number of benzene rings is 4. The van der Waals surface area contributed by atoms with Crippen molar-refractivity contribution in [3.63, 3.8) is 0 Å². The second-order valence-corrected chi connectivity index (χ2v) is 10.4. The summed E-state index contributed by atoms with van der Waals surface area (Å²) in [6.07, 6.45) is 0. The molecule has 1 aromatic heterocycles. The van der Waals surface area contributed by atoms with Gasteiger partial charge in [-0.2, -0.15) is 0 Å². The molecule has 0 radical (unpaired) electrons. The number of halogens is 1. The summed E-state index contributed by atoms with van der Waals surface area (Å²) in [6.45, 7) is 5.42. The van der Waals surface area contributed by atoms with Gasteiger partial charge in [-0.25, -0.2) is 4.98 Å². The second-order valence-electron chi connectivity index (χ2n) is 8.45. The number of aryl methyl sites for hydroxylation is 2. The van der Waals surface area contributed by atoms with Crippen molar-refractivity contribution in [2.24, 2.45) is 0 Å². The Morgan fingerprint density at radius 3 is 2.41 bits per heavy atom. The Morgan fingerprint density at radius 1 is 0.853 bits per heavy atom. The summed E-state index contributed by atoms with van der Waals surface area (Å²) >= 11 is 5.33. The number of nitrogens with one attached hydrogen (secondary N) is 1. The summed E-state index contributed by atoms with van der Waals surface area (Å²) in [4.78, 5) is 4.80. The maximum absolute atomic E-state index is 6.15. The third-order valence-corrected chi connectivity index (χ3v) is 7.26. The summed E-state index contributed by atoms with van der Waals surface area (Å²) in [7, 11) is 0. The van der Waals surface area contributed by atoms with Crippen LogP contribution in [0.1, 0.15) is 22.3 Å². The number of nitrogens with zero attached hydrogens (tertiary/aromatic N) is 1. The smallest absolute Gasteiger partial charge is 0.124 e. The lowest BCUT2D eigenvalue weighted by molar-refractivity contribution is 0.303. The molecule has 0 fully saturated rings. The number of hydrogen-bond donors (Lipinski definition) is 1. The average Bonchev–Trinajstić information content (AvgIpc) is 3.27. The van der Waals surface area contributed by atoms with Crippen molar-refractivity contribution < 1.29 is 4.74 Å². The molecule has 34 heavy (non-hydrogen) atoms. The summed E-state index contributed by atoms with van der Waals surface area (Å²) in [5.41, 5.74) is 8.03. The van der Waals surface area contributed by atoms with Crippen LogP contribution in [0.5, 0.6) is 5.75 Å². The minimum Gasteiger partial charge on any atom is -0.489 e. The predicted molar refractivity (Wildman–Crippen MR) is 147 cm³/mol. The van der Waals surface area contributed by atoms with Crippen molar-refractivity contribution >= 4 is 43.2 Å². The van der Waals surface area contributed by atoms with Crippen LogP contribution in [0.4, 0.5) is 5.69 Å². The molecule has 4 aromatic carbocycles. The van der Waals surface area contributed by atoms with E-state index in [-0.39, 0.29) is 0 Å². The number of anilines is 1. The third-order valence-electron chi connectivity index (χ3n) is 5.70. The molecule has 0 atom stereocenters. The van der Waals surface area contributed by atoms with Crippen molar-refractivity contribution in [3.05, 3.63) is 112 Å². The highest BCUT2D eigenvalue weighted by atomic mass is 79.9. The van der Waals surface area contributed by atoms with Crippen LogP contribution < -0.4 is 10.1 Å². The van der Waals surface area contributed by atoms with Crippen molar-refractivity contribution in [1.82, 2.24) is 4.98 Å². The average molecular weight is 530 g/mol. The van der Waals surface area contributed by atoms with Crippen LogP contribution in [0, 0.1) is 13.8 Å². The Bertz CT molecular complexity index is 1430. The molecule has 1 heterocycles. The standard InChI is InChI=1S/C29H25BrN2OS/c1-19-3-6-21(7-4-19)18-33-27-14-10-24(30)16-23(27)17-31-25-11-8-22(9-12-25)29-32-26-13-5-20(2)15-28(26)34-29/h3-16,31H,17-18H2,1-2H3. The van der Waals surface area contributed by atoms with Gasteiger partial charge in [0, 0.05) is 27.8 Å². The van der Waals surface area contributed by atoms with Gasteiger partial charge in [-0.15, -0.1) is 11.3 Å². The van der Waals surface area contributed by atoms with Gasteiger partial charge in [0.25, 0.3) is 0 Å². The first kappa shape index (κ1) is 22.6. The van der Waals surface area contributed by atoms with E-state index >= 15 is 0 Å². The molecule has 0 unspecified atom stereocenters. The van der Waals surface area contributed by atoms with Gasteiger partial charge in [-0.05, 0) is 79.6 Å². The molecule has 5 heteroatoms. The second kappa shape index (κ2) is 10.00. The van der Waals surface area contributed by atoms with Crippen LogP contribution in [0.25, 0.3) is 20.8 Å². The predicted octanol–water partition coefficient (Wildman–Crippen LogP) is 8.53. The molecular weight excluding hydrogens is 504 g/mol. The molecule has 0 aliphatic heterocycles. The monoisotopic (exact) mass is 528 g/mol. The zero-order chi connectivity index (χ0) is 23.5. The molecular formula is C29H25BrN2OS. The van der Waals surface area contributed by atoms with Crippen LogP contribution in [0.15, 0.2) is 89.4 Å². The molecule has 5 rings (SSSR count). The Morgan fingerprint density at radius 2 is 1.62 bits per heavy atom. The quantitative estimate of drug-likeness (QED) is 0.229. The first-order valence-electron chi connectivity index (χ1n) is 11.2. The lowest BCUT2D eigenvalue weighted by atomic mass is 10.1. The first-order valence-corrected chi connectivity index (χ1v) is 12.8. The van der Waals surface area contributed by atoms with Crippen LogP contribution in [-0.2, 0) is 13.2 Å². The maximum atomic E-state index is 6.15. The van der Waals surface area contributed by atoms with Gasteiger partial charge in [0.15, 0.2) is 0 Å². The van der Waals surface area contributed by atoms with Crippen molar-refractivity contribution in [3.8, 4) is 16.3 Å². The Kier molecular flexibility index (Phi) is 6.66. The topological polar surface area (TPSA) is 34.1 Å². The molecule has 0 spiro atoms. The SMILES string of the molecule is Cc1ccc(COc2ccc(Br)cc2CNc2ccc(-c3nc4ccc(C)cc4s3)cc2)cc1. The molecule has 0 aliphatic rings. The molecule has 0 saturated heterocycles. The molecule has 1 N–H and O–H groups in total. The molecule has 0 bridgehead atoms. The van der Waals surface area contributed by atoms with Gasteiger partial charge in [-0.1, -0.05) is 51.8 Å². The number of thiazole rings is 1. The summed E-state index contributed by atoms with van der Waals surface area (Å²) in [5.74, 6) is 0.887. The van der Waals surface area contributed by atoms with E-state index in [1.807, 2.05) is 12.1 Å². The number of hydrogen-bond acceptors (Lipinski definition) is 4. The van der Waals surface area contributed by atoms with E-state index in [0.717, 1.165) is 43.1 Å². The van der Waals surface area contributed by atoms with E-state index in [1.165, 1.54) is 15.8 Å². The van der Waals surface area contributed by atoms with Gasteiger partial charge >= 0.3 is 0 Å². The van der Waals surface area contributed by atoms with Crippen LogP contribution in [-0.4, -0.2) is 4.98 Å². The largest absolute Gasteiger partial charge is 0.489 e. The van der Waals surface area contributed by atoms with Gasteiger partial charge in [-0.3, -0.25) is 0 Å². The molecule has 5 aromatic rings. The van der Waals surface area contributed by atoms with E-state index in [4.69, 9.17) is 9.72 Å². The normalized spacial score (nSPS) is 11.0. The zero-order valence-electron chi connectivity index (χ0n) is 19.1. The van der Waals surface area contributed by atoms with Gasteiger partial charge in [0.05, 0.1) is 10.2 Å². The fraction of sp³-hybridized carbons (Fsp3) is 0.138. The first-order chi connectivity index (χ1) is 16.5. The number of aromatic nitrogens is 1. The lowest BCUT2D eigenvalue weighted by Gasteiger charge is -2.14. The summed E-state index contributed by atoms with van der Waals surface area (Å²) in [6, 6.07) is 29.5. The van der Waals surface area contributed by atoms with Gasteiger partial charge in [0.1, 0.15) is 17.4 Å². The molecule has 3 nitrogen and oxygen atoms in total. The number of rotatable bonds is 7. The Balaban J connectivity index is 1.27. The number of ether oxygens (including phenoxy) is 1. The zero-order valence-corrected chi connectivity index (χ0v) is 21.5. The van der Waals surface area contributed by atoms with Crippen molar-refractivity contribution in [2.75, 3.05) is 5.32 Å². The molecule has 0 aliphatic carbocycles. The van der Waals surface area contributed by atoms with Gasteiger partial charge < -0.3 is 10.1 Å². The van der Waals surface area contributed by atoms with Crippen LogP contribution in [0.2, 0.25) is 0 Å². The van der Waals surface area contributed by atoms with E-state index in [1.54, 1.807) is 11.3 Å². The highest BCUT2D eigenvalue weighted by molar-refractivity contribution is 9.10. The fourth-order valence-corrected chi connectivity index (χ4v) is 5.23. The molecule has 0 amide bonds. The van der Waals surface area contributed by atoms with E-state index < -0.39 is 0 Å². The summed E-state index contributed by atoms with van der Waals surface area (Å²) < 4.78 is 8.42. The molecule has 0 saturated carbocycles. The highest BCUT2D eigenvalue weighted by Gasteiger charge is 2.08. The maximum Gasteiger partial charge on any atom is 0.124 e. The molecule has 170 valence electrons.